The Hall–Kier alpha value is -1.31. The molecule has 0 bridgehead atoms. The first-order valence-corrected chi connectivity index (χ1v) is 10.1. The van der Waals surface area contributed by atoms with Crippen molar-refractivity contribution < 1.29 is 23.0 Å². The number of alkyl halides is 3. The first-order valence-electron chi connectivity index (χ1n) is 10.1. The standard InChI is InChI=1S/C21H31F3N2O2/c1-25(2)17-9-12-26(14-17)15-19(20(27)10-4-3-5-11-20)16-7-6-8-18(13-16)28-21(22,23)24/h6-8,13,17,19,27H,3-5,9-12,14-15H2,1-2H3. The number of ether oxygens (including phenoxy) is 1. The number of halogens is 3. The molecule has 1 saturated heterocycles. The molecule has 158 valence electrons. The van der Waals surface area contributed by atoms with E-state index < -0.39 is 12.0 Å². The lowest BCUT2D eigenvalue weighted by Gasteiger charge is -2.41. The van der Waals surface area contributed by atoms with Crippen molar-refractivity contribution >= 4 is 0 Å². The van der Waals surface area contributed by atoms with E-state index in [9.17, 15) is 18.3 Å². The first kappa shape index (κ1) is 21.4. The highest BCUT2D eigenvalue weighted by Crippen LogP contribution is 2.42. The van der Waals surface area contributed by atoms with Crippen LogP contribution in [-0.2, 0) is 0 Å². The Morgan fingerprint density at radius 1 is 1.25 bits per heavy atom. The summed E-state index contributed by atoms with van der Waals surface area (Å²) in [6.45, 7) is 2.50. The molecule has 1 aliphatic carbocycles. The normalized spacial score (nSPS) is 24.5. The minimum Gasteiger partial charge on any atom is -0.406 e. The van der Waals surface area contributed by atoms with E-state index in [0.717, 1.165) is 44.3 Å². The number of likely N-dealkylation sites (tertiary alicyclic amines) is 1. The Kier molecular flexibility index (Phi) is 6.57. The third kappa shape index (κ3) is 5.39. The van der Waals surface area contributed by atoms with Gasteiger partial charge in [0.25, 0.3) is 0 Å². The molecular formula is C21H31F3N2O2. The van der Waals surface area contributed by atoms with Gasteiger partial charge in [-0.3, -0.25) is 0 Å². The van der Waals surface area contributed by atoms with Gasteiger partial charge in [-0.15, -0.1) is 13.2 Å². The van der Waals surface area contributed by atoms with Crippen LogP contribution in [0.4, 0.5) is 13.2 Å². The van der Waals surface area contributed by atoms with Gasteiger partial charge >= 0.3 is 6.36 Å². The number of benzene rings is 1. The van der Waals surface area contributed by atoms with Crippen LogP contribution in [0.1, 0.15) is 50.0 Å². The molecule has 28 heavy (non-hydrogen) atoms. The van der Waals surface area contributed by atoms with Crippen molar-refractivity contribution in [1.29, 1.82) is 0 Å². The van der Waals surface area contributed by atoms with E-state index in [2.05, 4.69) is 28.6 Å². The third-order valence-electron chi connectivity index (χ3n) is 6.28. The van der Waals surface area contributed by atoms with Crippen molar-refractivity contribution in [2.45, 2.75) is 62.4 Å². The van der Waals surface area contributed by atoms with Crippen LogP contribution in [-0.4, -0.2) is 66.6 Å². The average molecular weight is 400 g/mol. The van der Waals surface area contributed by atoms with Gasteiger partial charge < -0.3 is 19.6 Å². The fourth-order valence-corrected chi connectivity index (χ4v) is 4.68. The summed E-state index contributed by atoms with van der Waals surface area (Å²) in [5.74, 6) is -0.451. The fourth-order valence-electron chi connectivity index (χ4n) is 4.68. The lowest BCUT2D eigenvalue weighted by molar-refractivity contribution is -0.274. The van der Waals surface area contributed by atoms with Crippen molar-refractivity contribution in [2.75, 3.05) is 33.7 Å². The average Bonchev–Trinajstić information content (AvgIpc) is 3.08. The van der Waals surface area contributed by atoms with Crippen molar-refractivity contribution in [3.05, 3.63) is 29.8 Å². The Morgan fingerprint density at radius 3 is 2.57 bits per heavy atom. The zero-order chi connectivity index (χ0) is 20.4. The number of likely N-dealkylation sites (N-methyl/N-ethyl adjacent to an activating group) is 1. The summed E-state index contributed by atoms with van der Waals surface area (Å²) in [5, 5.41) is 11.4. The second-order valence-electron chi connectivity index (χ2n) is 8.50. The van der Waals surface area contributed by atoms with E-state index in [-0.39, 0.29) is 11.7 Å². The summed E-state index contributed by atoms with van der Waals surface area (Å²) in [5.41, 5.74) is -0.162. The maximum Gasteiger partial charge on any atom is 0.573 e. The Balaban J connectivity index is 1.83. The van der Waals surface area contributed by atoms with Gasteiger partial charge in [-0.1, -0.05) is 31.4 Å². The van der Waals surface area contributed by atoms with Gasteiger partial charge in [-0.25, -0.2) is 0 Å². The zero-order valence-electron chi connectivity index (χ0n) is 16.7. The van der Waals surface area contributed by atoms with Gasteiger partial charge in [-0.2, -0.15) is 0 Å². The zero-order valence-corrected chi connectivity index (χ0v) is 16.7. The van der Waals surface area contributed by atoms with Crippen LogP contribution in [0.25, 0.3) is 0 Å². The molecule has 3 rings (SSSR count). The van der Waals surface area contributed by atoms with Crippen molar-refractivity contribution in [3.63, 3.8) is 0 Å². The van der Waals surface area contributed by atoms with Crippen molar-refractivity contribution in [3.8, 4) is 5.75 Å². The van der Waals surface area contributed by atoms with E-state index in [1.165, 1.54) is 12.1 Å². The van der Waals surface area contributed by atoms with Crippen LogP contribution in [0.15, 0.2) is 24.3 Å². The van der Waals surface area contributed by atoms with Crippen LogP contribution >= 0.6 is 0 Å². The van der Waals surface area contributed by atoms with Crippen LogP contribution in [0.5, 0.6) is 5.75 Å². The molecule has 2 fully saturated rings. The molecule has 2 atom stereocenters. The van der Waals surface area contributed by atoms with E-state index in [0.29, 0.717) is 25.4 Å². The second kappa shape index (κ2) is 8.59. The molecule has 1 aliphatic heterocycles. The van der Waals surface area contributed by atoms with Crippen molar-refractivity contribution in [2.24, 2.45) is 0 Å². The highest BCUT2D eigenvalue weighted by Gasteiger charge is 2.41. The molecule has 0 amide bonds. The molecule has 1 N–H and O–H groups in total. The van der Waals surface area contributed by atoms with Crippen LogP contribution in [0, 0.1) is 0 Å². The lowest BCUT2D eigenvalue weighted by atomic mass is 9.72. The van der Waals surface area contributed by atoms with Gasteiger partial charge in [0.2, 0.25) is 0 Å². The van der Waals surface area contributed by atoms with Crippen LogP contribution in [0.2, 0.25) is 0 Å². The van der Waals surface area contributed by atoms with E-state index in [1.807, 2.05) is 6.07 Å². The molecule has 0 aromatic heterocycles. The van der Waals surface area contributed by atoms with E-state index in [1.54, 1.807) is 6.07 Å². The molecular weight excluding hydrogens is 369 g/mol. The largest absolute Gasteiger partial charge is 0.573 e. The van der Waals surface area contributed by atoms with Crippen LogP contribution in [0.3, 0.4) is 0 Å². The van der Waals surface area contributed by atoms with E-state index in [4.69, 9.17) is 0 Å². The first-order chi connectivity index (χ1) is 13.2. The van der Waals surface area contributed by atoms with Crippen LogP contribution < -0.4 is 4.74 Å². The third-order valence-corrected chi connectivity index (χ3v) is 6.28. The molecule has 1 saturated carbocycles. The Labute approximate surface area is 165 Å². The topological polar surface area (TPSA) is 35.9 Å². The minimum absolute atomic E-state index is 0.220. The maximum atomic E-state index is 12.7. The van der Waals surface area contributed by atoms with Gasteiger partial charge in [0.1, 0.15) is 5.75 Å². The summed E-state index contributed by atoms with van der Waals surface area (Å²) < 4.78 is 42.1. The molecule has 4 nitrogen and oxygen atoms in total. The van der Waals surface area contributed by atoms with Crippen molar-refractivity contribution in [1.82, 2.24) is 9.80 Å². The molecule has 0 spiro atoms. The number of aliphatic hydroxyl groups is 1. The molecule has 1 aromatic carbocycles. The monoisotopic (exact) mass is 400 g/mol. The van der Waals surface area contributed by atoms with Gasteiger partial charge in [0.05, 0.1) is 5.60 Å². The summed E-state index contributed by atoms with van der Waals surface area (Å²) in [6.07, 6.45) is 0.718. The molecule has 7 heteroatoms. The predicted octanol–water partition coefficient (Wildman–Crippen LogP) is 4.00. The minimum atomic E-state index is -4.72. The highest BCUT2D eigenvalue weighted by molar-refractivity contribution is 5.33. The number of hydrogen-bond donors (Lipinski definition) is 1. The van der Waals surface area contributed by atoms with Gasteiger partial charge in [0, 0.05) is 25.0 Å². The fraction of sp³-hybridized carbons (Fsp3) is 0.714. The summed E-state index contributed by atoms with van der Waals surface area (Å²) >= 11 is 0. The summed E-state index contributed by atoms with van der Waals surface area (Å²) in [4.78, 5) is 4.54. The molecule has 2 unspecified atom stereocenters. The second-order valence-corrected chi connectivity index (χ2v) is 8.50. The number of rotatable bonds is 6. The molecule has 1 aromatic rings. The Bertz CT molecular complexity index is 645. The molecule has 1 heterocycles. The smallest absolute Gasteiger partial charge is 0.406 e. The molecule has 0 radical (unpaired) electrons. The molecule has 2 aliphatic rings. The quantitative estimate of drug-likeness (QED) is 0.783. The highest BCUT2D eigenvalue weighted by atomic mass is 19.4. The predicted molar refractivity (Wildman–Crippen MR) is 102 cm³/mol. The number of nitrogens with zero attached hydrogens (tertiary/aromatic N) is 2. The summed E-state index contributed by atoms with van der Waals surface area (Å²) in [6, 6.07) is 6.64. The number of hydrogen-bond acceptors (Lipinski definition) is 4. The van der Waals surface area contributed by atoms with Gasteiger partial charge in [0.15, 0.2) is 0 Å². The summed E-state index contributed by atoms with van der Waals surface area (Å²) in [7, 11) is 4.14. The van der Waals surface area contributed by atoms with E-state index >= 15 is 0 Å². The lowest BCUT2D eigenvalue weighted by Crippen LogP contribution is -2.44. The Morgan fingerprint density at radius 2 is 1.96 bits per heavy atom. The van der Waals surface area contributed by atoms with Gasteiger partial charge in [-0.05, 0) is 57.6 Å². The SMILES string of the molecule is CN(C)C1CCN(CC(c2cccc(OC(F)(F)F)c2)C2(O)CCCCC2)C1. The maximum absolute atomic E-state index is 12.7.